The summed E-state index contributed by atoms with van der Waals surface area (Å²) in [5.41, 5.74) is 5.42. The minimum Gasteiger partial charge on any atom is -0.310 e. The fraction of sp³-hybridized carbons (Fsp3) is 0. The first-order valence-electron chi connectivity index (χ1n) is 13.6. The molecule has 6 aromatic rings. The van der Waals surface area contributed by atoms with E-state index in [1.54, 1.807) is 0 Å². The lowest BCUT2D eigenvalue weighted by atomic mass is 10.0. The van der Waals surface area contributed by atoms with E-state index < -0.39 is 31.3 Å². The third-order valence-electron chi connectivity index (χ3n) is 8.45. The molecule has 6 heteroatoms. The summed E-state index contributed by atoms with van der Waals surface area (Å²) >= 11 is 0. The molecule has 1 nitrogen and oxygen atoms in total. The van der Waals surface area contributed by atoms with E-state index >= 15 is 0 Å². The van der Waals surface area contributed by atoms with Crippen molar-refractivity contribution in [1.82, 2.24) is 0 Å². The highest BCUT2D eigenvalue weighted by Crippen LogP contribution is 2.40. The van der Waals surface area contributed by atoms with Crippen LogP contribution in [-0.4, -0.2) is 8.07 Å². The average molecular weight is 572 g/mol. The summed E-state index contributed by atoms with van der Waals surface area (Å²) in [6.45, 7) is 0. The SMILES string of the molecule is Fc1cc(F)cc(N(c2cc(F)cc(F)c2)c2ccc3c(c2)[Si]2(c4ccccc4-c4ccccc42)c2ccccc2-3)c1. The molecule has 0 saturated heterocycles. The Morgan fingerprint density at radius 2 is 0.738 bits per heavy atom. The molecular weight excluding hydrogens is 550 g/mol. The largest absolute Gasteiger partial charge is 0.310 e. The van der Waals surface area contributed by atoms with E-state index in [1.165, 1.54) is 55.9 Å². The molecule has 0 unspecified atom stereocenters. The van der Waals surface area contributed by atoms with Crippen molar-refractivity contribution in [2.24, 2.45) is 0 Å². The van der Waals surface area contributed by atoms with Gasteiger partial charge in [0.2, 0.25) is 0 Å². The summed E-state index contributed by atoms with van der Waals surface area (Å²) in [5.74, 6) is -3.15. The van der Waals surface area contributed by atoms with Crippen LogP contribution >= 0.6 is 0 Å². The number of nitrogens with zero attached hydrogens (tertiary/aromatic N) is 1. The molecule has 1 spiro atoms. The lowest BCUT2D eigenvalue weighted by Crippen LogP contribution is -2.70. The Balaban J connectivity index is 1.45. The van der Waals surface area contributed by atoms with Gasteiger partial charge in [0.25, 0.3) is 0 Å². The van der Waals surface area contributed by atoms with Crippen LogP contribution in [0.5, 0.6) is 0 Å². The van der Waals surface area contributed by atoms with Gasteiger partial charge >= 0.3 is 0 Å². The van der Waals surface area contributed by atoms with Crippen LogP contribution in [0.2, 0.25) is 0 Å². The van der Waals surface area contributed by atoms with Crippen molar-refractivity contribution in [3.63, 3.8) is 0 Å². The highest BCUT2D eigenvalue weighted by molar-refractivity contribution is 7.24. The third kappa shape index (κ3) is 3.42. The Kier molecular flexibility index (Phi) is 5.34. The minimum atomic E-state index is -2.80. The van der Waals surface area contributed by atoms with E-state index in [4.69, 9.17) is 0 Å². The van der Waals surface area contributed by atoms with Crippen molar-refractivity contribution >= 4 is 45.9 Å². The van der Waals surface area contributed by atoms with E-state index in [1.807, 2.05) is 24.3 Å². The van der Waals surface area contributed by atoms with Crippen LogP contribution in [0.4, 0.5) is 34.6 Å². The predicted molar refractivity (Wildman–Crippen MR) is 163 cm³/mol. The van der Waals surface area contributed by atoms with E-state index in [-0.39, 0.29) is 11.4 Å². The zero-order valence-electron chi connectivity index (χ0n) is 22.1. The van der Waals surface area contributed by atoms with Gasteiger partial charge in [-0.15, -0.1) is 0 Å². The van der Waals surface area contributed by atoms with Crippen LogP contribution in [0.1, 0.15) is 0 Å². The van der Waals surface area contributed by atoms with Crippen molar-refractivity contribution in [2.45, 2.75) is 0 Å². The maximum Gasteiger partial charge on any atom is 0.182 e. The summed E-state index contributed by atoms with van der Waals surface area (Å²) in [5, 5.41) is 4.94. The number of fused-ring (bicyclic) bond motifs is 10. The Bertz CT molecular complexity index is 1920. The first-order valence-corrected chi connectivity index (χ1v) is 15.6. The number of benzene rings is 6. The molecule has 0 atom stereocenters. The standard InChI is InChI=1S/C36H21F4NSi/c37-22-15-23(38)18-27(17-22)41(28-19-24(39)16-25(40)20-28)26-13-14-32-31-9-3-6-12-35(31)42(36(32)21-26)33-10-4-1-7-29(33)30-8-2-5-11-34(30)42/h1-21H. The second kappa shape index (κ2) is 9.03. The van der Waals surface area contributed by atoms with Gasteiger partial charge in [-0.2, -0.15) is 0 Å². The number of rotatable bonds is 3. The van der Waals surface area contributed by atoms with Gasteiger partial charge < -0.3 is 4.90 Å². The summed E-state index contributed by atoms with van der Waals surface area (Å²) in [4.78, 5) is 1.51. The van der Waals surface area contributed by atoms with Crippen LogP contribution < -0.4 is 25.6 Å². The lowest BCUT2D eigenvalue weighted by Gasteiger charge is -2.30. The van der Waals surface area contributed by atoms with Gasteiger partial charge in [-0.1, -0.05) is 78.9 Å². The molecule has 0 amide bonds. The molecule has 2 heterocycles. The van der Waals surface area contributed by atoms with Crippen LogP contribution in [0.15, 0.2) is 127 Å². The summed E-state index contributed by atoms with van der Waals surface area (Å²) in [7, 11) is -2.80. The minimum absolute atomic E-state index is 0.121. The van der Waals surface area contributed by atoms with Crippen LogP contribution in [0, 0.1) is 23.3 Å². The molecule has 2 aliphatic rings. The molecule has 0 aliphatic carbocycles. The average Bonchev–Trinajstić information content (AvgIpc) is 3.44. The van der Waals surface area contributed by atoms with Crippen LogP contribution in [-0.2, 0) is 0 Å². The molecule has 6 aromatic carbocycles. The second-order valence-corrected chi connectivity index (χ2v) is 14.4. The third-order valence-corrected chi connectivity index (χ3v) is 13.4. The number of hydrogen-bond donors (Lipinski definition) is 0. The molecule has 0 N–H and O–H groups in total. The number of anilines is 3. The van der Waals surface area contributed by atoms with Gasteiger partial charge in [0, 0.05) is 17.8 Å². The molecule has 0 aromatic heterocycles. The Labute approximate surface area is 241 Å². The molecule has 2 aliphatic heterocycles. The summed E-state index contributed by atoms with van der Waals surface area (Å²) in [6, 6.07) is 37.6. The lowest BCUT2D eigenvalue weighted by molar-refractivity contribution is 0.582. The Morgan fingerprint density at radius 1 is 0.357 bits per heavy atom. The van der Waals surface area contributed by atoms with Crippen LogP contribution in [0.25, 0.3) is 22.3 Å². The number of hydrogen-bond acceptors (Lipinski definition) is 1. The van der Waals surface area contributed by atoms with Crippen molar-refractivity contribution < 1.29 is 17.6 Å². The van der Waals surface area contributed by atoms with E-state index in [0.29, 0.717) is 5.69 Å². The van der Waals surface area contributed by atoms with Crippen molar-refractivity contribution in [3.05, 3.63) is 151 Å². The topological polar surface area (TPSA) is 3.24 Å². The maximum absolute atomic E-state index is 14.5. The fourth-order valence-corrected chi connectivity index (χ4v) is 12.6. The number of halogens is 4. The van der Waals surface area contributed by atoms with E-state index in [0.717, 1.165) is 28.4 Å². The van der Waals surface area contributed by atoms with Crippen LogP contribution in [0.3, 0.4) is 0 Å². The normalized spacial score (nSPS) is 13.4. The maximum atomic E-state index is 14.5. The second-order valence-electron chi connectivity index (χ2n) is 10.7. The van der Waals surface area contributed by atoms with Gasteiger partial charge in [0.05, 0.1) is 11.4 Å². The van der Waals surface area contributed by atoms with Gasteiger partial charge in [-0.25, -0.2) is 17.6 Å². The van der Waals surface area contributed by atoms with Crippen molar-refractivity contribution in [2.75, 3.05) is 4.90 Å². The Hall–Kier alpha value is -4.94. The smallest absolute Gasteiger partial charge is 0.182 e. The fourth-order valence-electron chi connectivity index (χ4n) is 7.01. The van der Waals surface area contributed by atoms with Crippen molar-refractivity contribution in [3.8, 4) is 22.3 Å². The molecular formula is C36H21F4NSi. The first kappa shape index (κ1) is 24.8. The zero-order valence-corrected chi connectivity index (χ0v) is 23.1. The molecule has 0 saturated carbocycles. The molecule has 0 bridgehead atoms. The molecule has 202 valence electrons. The Morgan fingerprint density at radius 3 is 1.17 bits per heavy atom. The summed E-state index contributed by atoms with van der Waals surface area (Å²) in [6.07, 6.45) is 0. The highest BCUT2D eigenvalue weighted by atomic mass is 28.3. The first-order chi connectivity index (χ1) is 20.4. The molecule has 8 rings (SSSR count). The molecule has 42 heavy (non-hydrogen) atoms. The van der Waals surface area contributed by atoms with E-state index in [9.17, 15) is 17.6 Å². The van der Waals surface area contributed by atoms with Gasteiger partial charge in [0.15, 0.2) is 8.07 Å². The van der Waals surface area contributed by atoms with E-state index in [2.05, 4.69) is 66.7 Å². The molecule has 0 fully saturated rings. The predicted octanol–water partition coefficient (Wildman–Crippen LogP) is 7.05. The molecule has 0 radical (unpaired) electrons. The van der Waals surface area contributed by atoms with Crippen molar-refractivity contribution in [1.29, 1.82) is 0 Å². The zero-order chi connectivity index (χ0) is 28.6. The monoisotopic (exact) mass is 571 g/mol. The summed E-state index contributed by atoms with van der Waals surface area (Å²) < 4.78 is 58.2. The van der Waals surface area contributed by atoms with Gasteiger partial charge in [-0.3, -0.25) is 0 Å². The highest BCUT2D eigenvalue weighted by Gasteiger charge is 2.53. The van der Waals surface area contributed by atoms with Gasteiger partial charge in [0.1, 0.15) is 23.3 Å². The quantitative estimate of drug-likeness (QED) is 0.162. The van der Waals surface area contributed by atoms with Gasteiger partial charge in [-0.05, 0) is 79.4 Å².